The summed E-state index contributed by atoms with van der Waals surface area (Å²) in [5.74, 6) is 1.89. The van der Waals surface area contributed by atoms with Gasteiger partial charge in [-0.2, -0.15) is 0 Å². The minimum Gasteiger partial charge on any atom is -0.456 e. The molecular formula is C48H31N3OS. The first-order valence-electron chi connectivity index (χ1n) is 17.9. The summed E-state index contributed by atoms with van der Waals surface area (Å²) < 4.78 is 9.21. The Bertz CT molecular complexity index is 3100. The quantitative estimate of drug-likeness (QED) is 0.184. The Labute approximate surface area is 310 Å². The summed E-state index contributed by atoms with van der Waals surface area (Å²) in [6.45, 7) is 4.59. The van der Waals surface area contributed by atoms with Crippen LogP contribution in [-0.2, 0) is 5.41 Å². The lowest BCUT2D eigenvalue weighted by Gasteiger charge is -2.21. The maximum atomic E-state index is 6.61. The Balaban J connectivity index is 1.03. The zero-order chi connectivity index (χ0) is 35.3. The van der Waals surface area contributed by atoms with Gasteiger partial charge in [0.15, 0.2) is 17.5 Å². The Hall–Kier alpha value is -6.43. The minimum atomic E-state index is -0.128. The molecule has 0 aliphatic heterocycles. The van der Waals surface area contributed by atoms with Crippen LogP contribution in [0.5, 0.6) is 0 Å². The van der Waals surface area contributed by atoms with Gasteiger partial charge in [-0.05, 0) is 69.8 Å². The first-order valence-corrected chi connectivity index (χ1v) is 18.7. The number of aromatic nitrogens is 3. The van der Waals surface area contributed by atoms with E-state index >= 15 is 0 Å². The van der Waals surface area contributed by atoms with Crippen molar-refractivity contribution < 1.29 is 4.42 Å². The third-order valence-electron chi connectivity index (χ3n) is 11.0. The van der Waals surface area contributed by atoms with Crippen molar-refractivity contribution in [3.63, 3.8) is 0 Å². The number of benzene rings is 7. The zero-order valence-electron chi connectivity index (χ0n) is 29.1. The summed E-state index contributed by atoms with van der Waals surface area (Å²) in [5.41, 5.74) is 11.9. The molecule has 4 nitrogen and oxygen atoms in total. The monoisotopic (exact) mass is 697 g/mol. The Morgan fingerprint density at radius 1 is 0.434 bits per heavy atom. The lowest BCUT2D eigenvalue weighted by molar-refractivity contribution is 0.660. The van der Waals surface area contributed by atoms with E-state index in [0.29, 0.717) is 17.5 Å². The molecule has 7 aromatic carbocycles. The standard InChI is InChI=1S/C48H31N3OS/c1-48(2)39-17-8-6-13-33(39)34-22-20-30(25-40(34)48)46-49-45(28-11-4-3-5-12-28)50-47(51-46)31-21-24-36-35-23-19-29(26-41(35)52-42(36)27-31)32-15-10-16-38-37-14-7-9-18-43(37)53-44(32)38/h3-27H,1-2H3. The Morgan fingerprint density at radius 2 is 1.02 bits per heavy atom. The highest BCUT2D eigenvalue weighted by Crippen LogP contribution is 2.49. The summed E-state index contributed by atoms with van der Waals surface area (Å²) in [6.07, 6.45) is 0. The number of hydrogen-bond acceptors (Lipinski definition) is 5. The van der Waals surface area contributed by atoms with Crippen LogP contribution in [0.25, 0.3) is 98.5 Å². The molecular weight excluding hydrogens is 667 g/mol. The summed E-state index contributed by atoms with van der Waals surface area (Å²) in [6, 6.07) is 53.6. The van der Waals surface area contributed by atoms with Crippen LogP contribution < -0.4 is 0 Å². The number of rotatable bonds is 4. The molecule has 5 heteroatoms. The third kappa shape index (κ3) is 4.64. The molecule has 1 aliphatic rings. The number of thiophene rings is 1. The molecule has 0 amide bonds. The Morgan fingerprint density at radius 3 is 1.83 bits per heavy atom. The first kappa shape index (κ1) is 30.2. The van der Waals surface area contributed by atoms with Crippen molar-refractivity contribution in [2.45, 2.75) is 19.3 Å². The van der Waals surface area contributed by atoms with E-state index < -0.39 is 0 Å². The minimum absolute atomic E-state index is 0.128. The molecule has 11 rings (SSSR count). The van der Waals surface area contributed by atoms with Gasteiger partial charge in [0.05, 0.1) is 0 Å². The van der Waals surface area contributed by atoms with Gasteiger partial charge < -0.3 is 4.42 Å². The van der Waals surface area contributed by atoms with Crippen molar-refractivity contribution in [2.24, 2.45) is 0 Å². The molecule has 3 aromatic heterocycles. The molecule has 0 unspecified atom stereocenters. The summed E-state index contributed by atoms with van der Waals surface area (Å²) in [7, 11) is 0. The first-order chi connectivity index (χ1) is 26.0. The molecule has 0 spiro atoms. The molecule has 250 valence electrons. The molecule has 0 fully saturated rings. The van der Waals surface area contributed by atoms with Crippen LogP contribution >= 0.6 is 11.3 Å². The van der Waals surface area contributed by atoms with Crippen LogP contribution in [0, 0.1) is 0 Å². The maximum Gasteiger partial charge on any atom is 0.164 e. The second-order valence-corrected chi connectivity index (χ2v) is 15.5. The number of fused-ring (bicyclic) bond motifs is 9. The van der Waals surface area contributed by atoms with Gasteiger partial charge in [-0.3, -0.25) is 0 Å². The van der Waals surface area contributed by atoms with Crippen molar-refractivity contribution in [3.8, 4) is 56.4 Å². The highest BCUT2D eigenvalue weighted by atomic mass is 32.1. The van der Waals surface area contributed by atoms with Crippen LogP contribution in [0.15, 0.2) is 156 Å². The predicted molar refractivity (Wildman–Crippen MR) is 219 cm³/mol. The summed E-state index contributed by atoms with van der Waals surface area (Å²) >= 11 is 1.85. The van der Waals surface area contributed by atoms with E-state index in [1.165, 1.54) is 48.0 Å². The smallest absolute Gasteiger partial charge is 0.164 e. The molecule has 53 heavy (non-hydrogen) atoms. The van der Waals surface area contributed by atoms with Crippen LogP contribution in [0.1, 0.15) is 25.0 Å². The lowest BCUT2D eigenvalue weighted by Crippen LogP contribution is -2.15. The highest BCUT2D eigenvalue weighted by Gasteiger charge is 2.35. The molecule has 10 aromatic rings. The zero-order valence-corrected chi connectivity index (χ0v) is 29.9. The van der Waals surface area contributed by atoms with E-state index in [4.69, 9.17) is 19.4 Å². The van der Waals surface area contributed by atoms with Gasteiger partial charge in [-0.25, -0.2) is 15.0 Å². The molecule has 0 saturated heterocycles. The van der Waals surface area contributed by atoms with E-state index in [0.717, 1.165) is 44.2 Å². The second kappa shape index (κ2) is 11.3. The molecule has 3 heterocycles. The normalized spacial score (nSPS) is 13.2. The van der Waals surface area contributed by atoms with Crippen molar-refractivity contribution in [1.82, 2.24) is 15.0 Å². The fourth-order valence-electron chi connectivity index (χ4n) is 8.25. The highest BCUT2D eigenvalue weighted by molar-refractivity contribution is 7.26. The molecule has 1 aliphatic carbocycles. The van der Waals surface area contributed by atoms with Crippen molar-refractivity contribution in [2.75, 3.05) is 0 Å². The van der Waals surface area contributed by atoms with E-state index in [2.05, 4.69) is 135 Å². The van der Waals surface area contributed by atoms with Crippen molar-refractivity contribution in [1.29, 1.82) is 0 Å². The largest absolute Gasteiger partial charge is 0.456 e. The fraction of sp³-hybridized carbons (Fsp3) is 0.0625. The van der Waals surface area contributed by atoms with E-state index in [9.17, 15) is 0 Å². The van der Waals surface area contributed by atoms with Crippen LogP contribution in [0.4, 0.5) is 0 Å². The number of hydrogen-bond donors (Lipinski definition) is 0. The maximum absolute atomic E-state index is 6.61. The lowest BCUT2D eigenvalue weighted by atomic mass is 9.82. The third-order valence-corrected chi connectivity index (χ3v) is 12.2. The van der Waals surface area contributed by atoms with Gasteiger partial charge in [0.25, 0.3) is 0 Å². The van der Waals surface area contributed by atoms with E-state index in [1.807, 2.05) is 41.7 Å². The molecule has 0 bridgehead atoms. The van der Waals surface area contributed by atoms with E-state index in [-0.39, 0.29) is 5.41 Å². The average molecular weight is 698 g/mol. The van der Waals surface area contributed by atoms with E-state index in [1.54, 1.807) is 0 Å². The molecule has 0 saturated carbocycles. The molecule has 0 N–H and O–H groups in total. The Kier molecular flexibility index (Phi) is 6.43. The predicted octanol–water partition coefficient (Wildman–Crippen LogP) is 13.1. The van der Waals surface area contributed by atoms with Gasteiger partial charge in [0.2, 0.25) is 0 Å². The van der Waals surface area contributed by atoms with Crippen LogP contribution in [0.2, 0.25) is 0 Å². The average Bonchev–Trinajstić information content (AvgIpc) is 3.85. The van der Waals surface area contributed by atoms with Gasteiger partial charge >= 0.3 is 0 Å². The van der Waals surface area contributed by atoms with Gasteiger partial charge in [0.1, 0.15) is 11.2 Å². The van der Waals surface area contributed by atoms with Crippen LogP contribution in [0.3, 0.4) is 0 Å². The van der Waals surface area contributed by atoms with Gasteiger partial charge in [-0.1, -0.05) is 129 Å². The van der Waals surface area contributed by atoms with Gasteiger partial charge in [-0.15, -0.1) is 11.3 Å². The molecule has 0 radical (unpaired) electrons. The van der Waals surface area contributed by atoms with Gasteiger partial charge in [0, 0.05) is 53.1 Å². The fourth-order valence-corrected chi connectivity index (χ4v) is 9.49. The van der Waals surface area contributed by atoms with Crippen molar-refractivity contribution in [3.05, 3.63) is 163 Å². The molecule has 0 atom stereocenters. The topological polar surface area (TPSA) is 51.8 Å². The summed E-state index contributed by atoms with van der Waals surface area (Å²) in [4.78, 5) is 15.2. The van der Waals surface area contributed by atoms with Crippen LogP contribution in [-0.4, -0.2) is 15.0 Å². The number of nitrogens with zero attached hydrogens (tertiary/aromatic N) is 3. The van der Waals surface area contributed by atoms with Crippen molar-refractivity contribution >= 4 is 53.4 Å². The number of furan rings is 1. The second-order valence-electron chi connectivity index (χ2n) is 14.4. The SMILES string of the molecule is CC1(C)c2ccccc2-c2ccc(-c3nc(-c4ccccc4)nc(-c4ccc5c(c4)oc4cc(-c6cccc7c6sc6ccccc67)ccc45)n3)cc21. The summed E-state index contributed by atoms with van der Waals surface area (Å²) in [5, 5.41) is 4.74.